The molecule has 0 atom stereocenters. The van der Waals surface area contributed by atoms with Gasteiger partial charge in [0.2, 0.25) is 5.91 Å². The first-order valence-corrected chi connectivity index (χ1v) is 8.06. The molecule has 2 aromatic heterocycles. The van der Waals surface area contributed by atoms with Crippen LogP contribution in [-0.2, 0) is 4.79 Å². The molecule has 116 valence electrons. The maximum Gasteiger partial charge on any atom is 0.237 e. The smallest absolute Gasteiger partial charge is 0.237 e. The fourth-order valence-electron chi connectivity index (χ4n) is 1.94. The van der Waals surface area contributed by atoms with Crippen molar-refractivity contribution in [1.82, 2.24) is 10.2 Å². The standard InChI is InChI=1S/C17H15N3O2S/c1-12-4-6-13(7-5-12)14-8-9-17(20-19-14)23-11-15(21)18-16-3-2-10-22-16/h2-10H,11H2,1H3,(H,18,21). The van der Waals surface area contributed by atoms with E-state index in [0.29, 0.717) is 10.9 Å². The summed E-state index contributed by atoms with van der Waals surface area (Å²) in [5, 5.41) is 11.7. The van der Waals surface area contributed by atoms with Gasteiger partial charge < -0.3 is 4.42 Å². The third kappa shape index (κ3) is 4.20. The van der Waals surface area contributed by atoms with Gasteiger partial charge in [-0.1, -0.05) is 41.6 Å². The number of hydrogen-bond acceptors (Lipinski definition) is 5. The molecule has 3 aromatic rings. The van der Waals surface area contributed by atoms with Crippen molar-refractivity contribution in [1.29, 1.82) is 0 Å². The number of amides is 1. The maximum atomic E-state index is 11.8. The van der Waals surface area contributed by atoms with E-state index in [-0.39, 0.29) is 11.7 Å². The summed E-state index contributed by atoms with van der Waals surface area (Å²) < 4.78 is 5.06. The van der Waals surface area contributed by atoms with Gasteiger partial charge in [0.05, 0.1) is 17.7 Å². The number of aryl methyl sites for hydroxylation is 1. The predicted molar refractivity (Wildman–Crippen MR) is 90.3 cm³/mol. The summed E-state index contributed by atoms with van der Waals surface area (Å²) in [4.78, 5) is 11.8. The number of furan rings is 1. The summed E-state index contributed by atoms with van der Waals surface area (Å²) in [6.07, 6.45) is 1.51. The van der Waals surface area contributed by atoms with Crippen LogP contribution in [0, 0.1) is 6.92 Å². The number of thioether (sulfide) groups is 1. The second kappa shape index (κ2) is 7.11. The molecular formula is C17H15N3O2S. The summed E-state index contributed by atoms with van der Waals surface area (Å²) in [6, 6.07) is 15.3. The highest BCUT2D eigenvalue weighted by Gasteiger charge is 2.07. The Morgan fingerprint density at radius 2 is 1.96 bits per heavy atom. The number of nitrogens with one attached hydrogen (secondary N) is 1. The highest BCUT2D eigenvalue weighted by atomic mass is 32.2. The largest absolute Gasteiger partial charge is 0.449 e. The fourth-order valence-corrected chi connectivity index (χ4v) is 2.55. The van der Waals surface area contributed by atoms with Gasteiger partial charge in [0, 0.05) is 11.6 Å². The molecule has 0 saturated heterocycles. The Morgan fingerprint density at radius 1 is 1.13 bits per heavy atom. The van der Waals surface area contributed by atoms with Crippen molar-refractivity contribution in [2.75, 3.05) is 11.1 Å². The number of carbonyl (C=O) groups excluding carboxylic acids is 1. The molecule has 3 rings (SSSR count). The third-order valence-corrected chi connectivity index (χ3v) is 4.04. The molecule has 1 N–H and O–H groups in total. The van der Waals surface area contributed by atoms with Gasteiger partial charge in [0.1, 0.15) is 5.03 Å². The molecule has 0 saturated carbocycles. The molecule has 0 radical (unpaired) electrons. The minimum atomic E-state index is -0.144. The highest BCUT2D eigenvalue weighted by molar-refractivity contribution is 7.99. The normalized spacial score (nSPS) is 10.5. The monoisotopic (exact) mass is 325 g/mol. The maximum absolute atomic E-state index is 11.8. The molecule has 1 aromatic carbocycles. The fraction of sp³-hybridized carbons (Fsp3) is 0.118. The number of carbonyl (C=O) groups is 1. The molecule has 0 aliphatic rings. The van der Waals surface area contributed by atoms with Crippen molar-refractivity contribution in [2.45, 2.75) is 11.9 Å². The molecule has 2 heterocycles. The van der Waals surface area contributed by atoms with E-state index in [1.165, 1.54) is 23.6 Å². The Kier molecular flexibility index (Phi) is 4.73. The van der Waals surface area contributed by atoms with E-state index in [0.717, 1.165) is 11.3 Å². The van der Waals surface area contributed by atoms with Crippen LogP contribution in [0.25, 0.3) is 11.3 Å². The average Bonchev–Trinajstić information content (AvgIpc) is 3.07. The highest BCUT2D eigenvalue weighted by Crippen LogP contribution is 2.20. The molecule has 0 unspecified atom stereocenters. The molecule has 0 spiro atoms. The van der Waals surface area contributed by atoms with E-state index in [1.54, 1.807) is 12.1 Å². The Morgan fingerprint density at radius 3 is 2.61 bits per heavy atom. The average molecular weight is 325 g/mol. The lowest BCUT2D eigenvalue weighted by Gasteiger charge is -2.03. The number of nitrogens with zero attached hydrogens (tertiary/aromatic N) is 2. The molecule has 0 aliphatic carbocycles. The van der Waals surface area contributed by atoms with E-state index < -0.39 is 0 Å². The molecule has 6 heteroatoms. The van der Waals surface area contributed by atoms with Crippen LogP contribution in [0.4, 0.5) is 5.88 Å². The second-order valence-corrected chi connectivity index (χ2v) is 5.93. The first kappa shape index (κ1) is 15.3. The summed E-state index contributed by atoms with van der Waals surface area (Å²) in [6.45, 7) is 2.04. The van der Waals surface area contributed by atoms with Crippen molar-refractivity contribution >= 4 is 23.6 Å². The van der Waals surface area contributed by atoms with Crippen molar-refractivity contribution in [3.8, 4) is 11.3 Å². The number of anilines is 1. The number of benzene rings is 1. The van der Waals surface area contributed by atoms with Crippen molar-refractivity contribution < 1.29 is 9.21 Å². The van der Waals surface area contributed by atoms with Gasteiger partial charge in [-0.3, -0.25) is 10.1 Å². The summed E-state index contributed by atoms with van der Waals surface area (Å²) in [7, 11) is 0. The van der Waals surface area contributed by atoms with Gasteiger partial charge in [-0.25, -0.2) is 0 Å². The predicted octanol–water partition coefficient (Wildman–Crippen LogP) is 3.78. The van der Waals surface area contributed by atoms with Crippen molar-refractivity contribution in [3.63, 3.8) is 0 Å². The van der Waals surface area contributed by atoms with Crippen LogP contribution in [0.2, 0.25) is 0 Å². The van der Waals surface area contributed by atoms with Crippen LogP contribution in [-0.4, -0.2) is 21.9 Å². The molecule has 23 heavy (non-hydrogen) atoms. The van der Waals surface area contributed by atoms with Crippen LogP contribution < -0.4 is 5.32 Å². The molecule has 1 amide bonds. The Labute approximate surface area is 138 Å². The zero-order valence-electron chi connectivity index (χ0n) is 12.5. The van der Waals surface area contributed by atoms with E-state index in [2.05, 4.69) is 15.5 Å². The SMILES string of the molecule is Cc1ccc(-c2ccc(SCC(=O)Nc3ccco3)nn2)cc1. The van der Waals surface area contributed by atoms with Crippen LogP contribution >= 0.6 is 11.8 Å². The van der Waals surface area contributed by atoms with Crippen LogP contribution in [0.3, 0.4) is 0 Å². The molecule has 0 aliphatic heterocycles. The van der Waals surface area contributed by atoms with Crippen molar-refractivity contribution in [2.24, 2.45) is 0 Å². The van der Waals surface area contributed by atoms with E-state index in [4.69, 9.17) is 4.42 Å². The Hall–Kier alpha value is -2.60. The van der Waals surface area contributed by atoms with Crippen LogP contribution in [0.15, 0.2) is 64.2 Å². The lowest BCUT2D eigenvalue weighted by atomic mass is 10.1. The van der Waals surface area contributed by atoms with Crippen molar-refractivity contribution in [3.05, 3.63) is 60.4 Å². The summed E-state index contributed by atoms with van der Waals surface area (Å²) in [5.41, 5.74) is 3.04. The molecule has 0 bridgehead atoms. The van der Waals surface area contributed by atoms with Crippen LogP contribution in [0.5, 0.6) is 0 Å². The third-order valence-electron chi connectivity index (χ3n) is 3.12. The Bertz CT molecular complexity index is 769. The van der Waals surface area contributed by atoms with Gasteiger partial charge in [-0.05, 0) is 25.1 Å². The Balaban J connectivity index is 1.57. The quantitative estimate of drug-likeness (QED) is 0.723. The lowest BCUT2D eigenvalue weighted by molar-refractivity contribution is -0.113. The second-order valence-electron chi connectivity index (χ2n) is 4.94. The van der Waals surface area contributed by atoms with Gasteiger partial charge in [-0.15, -0.1) is 10.2 Å². The van der Waals surface area contributed by atoms with E-state index in [9.17, 15) is 4.79 Å². The van der Waals surface area contributed by atoms with Crippen LogP contribution in [0.1, 0.15) is 5.56 Å². The number of aromatic nitrogens is 2. The first-order valence-electron chi connectivity index (χ1n) is 7.07. The number of rotatable bonds is 5. The minimum Gasteiger partial charge on any atom is -0.449 e. The van der Waals surface area contributed by atoms with Gasteiger partial charge in [0.15, 0.2) is 5.88 Å². The topological polar surface area (TPSA) is 68.0 Å². The number of hydrogen-bond donors (Lipinski definition) is 1. The lowest BCUT2D eigenvalue weighted by Crippen LogP contribution is -2.13. The zero-order valence-corrected chi connectivity index (χ0v) is 13.3. The minimum absolute atomic E-state index is 0.144. The van der Waals surface area contributed by atoms with Gasteiger partial charge >= 0.3 is 0 Å². The van der Waals surface area contributed by atoms with E-state index in [1.807, 2.05) is 43.3 Å². The molecular weight excluding hydrogens is 310 g/mol. The summed E-state index contributed by atoms with van der Waals surface area (Å²) in [5.74, 6) is 0.546. The zero-order chi connectivity index (χ0) is 16.1. The first-order chi connectivity index (χ1) is 11.2. The molecule has 0 fully saturated rings. The van der Waals surface area contributed by atoms with E-state index >= 15 is 0 Å². The summed E-state index contributed by atoms with van der Waals surface area (Å²) >= 11 is 1.33. The van der Waals surface area contributed by atoms with Gasteiger partial charge in [0.25, 0.3) is 0 Å². The van der Waals surface area contributed by atoms with Gasteiger partial charge in [-0.2, -0.15) is 0 Å². The molecule has 5 nitrogen and oxygen atoms in total.